The minimum Gasteiger partial charge on any atom is -0.450 e. The lowest BCUT2D eigenvalue weighted by Gasteiger charge is -2.34. The van der Waals surface area contributed by atoms with Crippen molar-refractivity contribution in [3.8, 4) is 11.5 Å². The predicted molar refractivity (Wildman–Crippen MR) is 139 cm³/mol. The van der Waals surface area contributed by atoms with Gasteiger partial charge in [-0.1, -0.05) is 0 Å². The number of amides is 1. The number of anilines is 2. The van der Waals surface area contributed by atoms with Crippen LogP contribution in [0, 0.1) is 6.92 Å². The number of rotatable bonds is 5. The minimum atomic E-state index is -0.295. The van der Waals surface area contributed by atoms with Gasteiger partial charge in [-0.2, -0.15) is 0 Å². The highest BCUT2D eigenvalue weighted by molar-refractivity contribution is 6.13. The van der Waals surface area contributed by atoms with E-state index in [1.807, 2.05) is 29.7 Å². The predicted octanol–water partition coefficient (Wildman–Crippen LogP) is 3.22. The third kappa shape index (κ3) is 4.52. The van der Waals surface area contributed by atoms with Gasteiger partial charge in [-0.3, -0.25) is 14.8 Å². The van der Waals surface area contributed by atoms with Gasteiger partial charge in [0.1, 0.15) is 17.4 Å². The molecule has 0 bridgehead atoms. The van der Waals surface area contributed by atoms with Crippen LogP contribution in [0.2, 0.25) is 0 Å². The summed E-state index contributed by atoms with van der Waals surface area (Å²) < 4.78 is 7.82. The molecule has 1 fully saturated rings. The Bertz CT molecular complexity index is 1600. The molecule has 186 valence electrons. The highest BCUT2D eigenvalue weighted by Crippen LogP contribution is 2.30. The van der Waals surface area contributed by atoms with E-state index in [1.165, 1.54) is 6.33 Å². The summed E-state index contributed by atoms with van der Waals surface area (Å²) in [6, 6.07) is 5.87. The van der Waals surface area contributed by atoms with Crippen molar-refractivity contribution in [2.45, 2.75) is 19.9 Å². The maximum absolute atomic E-state index is 13.5. The number of benzene rings is 1. The van der Waals surface area contributed by atoms with Gasteiger partial charge in [0.15, 0.2) is 17.1 Å². The average Bonchev–Trinajstić information content (AvgIpc) is 3.29. The molecule has 37 heavy (non-hydrogen) atoms. The quantitative estimate of drug-likeness (QED) is 0.378. The van der Waals surface area contributed by atoms with Crippen molar-refractivity contribution in [3.05, 3.63) is 73.0 Å². The summed E-state index contributed by atoms with van der Waals surface area (Å²) >= 11 is 0. The zero-order chi connectivity index (χ0) is 25.4. The van der Waals surface area contributed by atoms with Crippen molar-refractivity contribution in [3.63, 3.8) is 0 Å². The minimum absolute atomic E-state index is 0.295. The first-order valence-electron chi connectivity index (χ1n) is 12.0. The number of aromatic nitrogens is 6. The number of ether oxygens (including phenoxy) is 1. The normalized spacial score (nSPS) is 15.7. The van der Waals surface area contributed by atoms with Crippen LogP contribution < -0.4 is 20.3 Å². The molecular formula is C26H25N9O2. The van der Waals surface area contributed by atoms with E-state index in [4.69, 9.17) is 4.74 Å². The maximum Gasteiger partial charge on any atom is 0.257 e. The second kappa shape index (κ2) is 9.43. The van der Waals surface area contributed by atoms with Crippen LogP contribution in [-0.2, 0) is 0 Å². The number of hydrogen-bond acceptors (Lipinski definition) is 9. The van der Waals surface area contributed by atoms with Gasteiger partial charge in [-0.15, -0.1) is 0 Å². The first-order chi connectivity index (χ1) is 18.0. The van der Waals surface area contributed by atoms with Gasteiger partial charge in [0.2, 0.25) is 0 Å². The van der Waals surface area contributed by atoms with Crippen LogP contribution in [0.25, 0.3) is 16.7 Å². The van der Waals surface area contributed by atoms with Gasteiger partial charge in [-0.25, -0.2) is 15.0 Å². The number of carbonyl (C=O) groups is 1. The van der Waals surface area contributed by atoms with Crippen molar-refractivity contribution in [2.75, 3.05) is 29.9 Å². The van der Waals surface area contributed by atoms with E-state index in [0.29, 0.717) is 45.5 Å². The van der Waals surface area contributed by atoms with Crippen LogP contribution in [0.5, 0.6) is 11.5 Å². The number of piperazine rings is 1. The molecule has 6 rings (SSSR count). The Balaban J connectivity index is 1.34. The van der Waals surface area contributed by atoms with Gasteiger partial charge in [0.25, 0.3) is 5.91 Å². The van der Waals surface area contributed by atoms with Gasteiger partial charge < -0.3 is 24.7 Å². The number of pyridine rings is 1. The number of fused-ring (bicyclic) bond motifs is 2. The van der Waals surface area contributed by atoms with Crippen LogP contribution in [0.4, 0.5) is 11.4 Å². The molecule has 4 aromatic heterocycles. The molecule has 0 saturated carbocycles. The van der Waals surface area contributed by atoms with Crippen LogP contribution >= 0.6 is 0 Å². The van der Waals surface area contributed by atoms with E-state index in [1.54, 1.807) is 37.1 Å². The fourth-order valence-corrected chi connectivity index (χ4v) is 4.63. The van der Waals surface area contributed by atoms with Crippen LogP contribution in [0.15, 0.2) is 61.7 Å². The van der Waals surface area contributed by atoms with Gasteiger partial charge in [0.05, 0.1) is 35.0 Å². The highest BCUT2D eigenvalue weighted by atomic mass is 16.5. The standard InChI is InChI=1S/C26H25N9O2/c1-16-12-34(8-7-29-16)21-4-3-20(23-24(21)31-6-5-30-23)26(36)33-18-9-22(37-19-10-27-15-28-11-19)25-32-17(2)13-35(25)14-18/h3-6,9-11,13-16,29H,7-8,12H2,1-2H3,(H,33,36). The Labute approximate surface area is 212 Å². The zero-order valence-electron chi connectivity index (χ0n) is 20.4. The Morgan fingerprint density at radius 3 is 2.76 bits per heavy atom. The number of hydrogen-bond donors (Lipinski definition) is 2. The lowest BCUT2D eigenvalue weighted by molar-refractivity contribution is 0.102. The molecule has 2 N–H and O–H groups in total. The van der Waals surface area contributed by atoms with E-state index in [-0.39, 0.29) is 5.91 Å². The van der Waals surface area contributed by atoms with Gasteiger partial charge in [0, 0.05) is 56.5 Å². The van der Waals surface area contributed by atoms with Crippen molar-refractivity contribution >= 4 is 34.0 Å². The molecule has 1 aromatic carbocycles. The summed E-state index contributed by atoms with van der Waals surface area (Å²) in [6.45, 7) is 6.66. The van der Waals surface area contributed by atoms with Crippen molar-refractivity contribution in [1.82, 2.24) is 34.6 Å². The summed E-state index contributed by atoms with van der Waals surface area (Å²) in [5.74, 6) is 0.636. The molecule has 1 atom stereocenters. The average molecular weight is 496 g/mol. The largest absolute Gasteiger partial charge is 0.450 e. The SMILES string of the molecule is Cc1cn2cc(NC(=O)c3ccc(N4CCNC(C)C4)c4nccnc34)cc(Oc3cncnc3)c2n1. The molecule has 1 amide bonds. The molecule has 11 nitrogen and oxygen atoms in total. The topological polar surface area (TPSA) is 122 Å². The lowest BCUT2D eigenvalue weighted by Crippen LogP contribution is -2.49. The van der Waals surface area contributed by atoms with Gasteiger partial charge >= 0.3 is 0 Å². The Kier molecular flexibility index (Phi) is 5.81. The van der Waals surface area contributed by atoms with Crippen LogP contribution in [0.3, 0.4) is 0 Å². The summed E-state index contributed by atoms with van der Waals surface area (Å²) in [6.07, 6.45) is 11.5. The highest BCUT2D eigenvalue weighted by Gasteiger charge is 2.22. The molecule has 5 aromatic rings. The molecule has 1 aliphatic heterocycles. The number of nitrogens with zero attached hydrogens (tertiary/aromatic N) is 7. The molecule has 1 aliphatic rings. The molecule has 5 heterocycles. The molecule has 1 unspecified atom stereocenters. The van der Waals surface area contributed by atoms with Crippen molar-refractivity contribution in [2.24, 2.45) is 0 Å². The second-order valence-corrected chi connectivity index (χ2v) is 9.02. The smallest absolute Gasteiger partial charge is 0.257 e. The maximum atomic E-state index is 13.5. The van der Waals surface area contributed by atoms with E-state index in [2.05, 4.69) is 47.4 Å². The van der Waals surface area contributed by atoms with E-state index in [9.17, 15) is 4.79 Å². The zero-order valence-corrected chi connectivity index (χ0v) is 20.4. The second-order valence-electron chi connectivity index (χ2n) is 9.02. The van der Waals surface area contributed by atoms with E-state index in [0.717, 1.165) is 31.0 Å². The first-order valence-corrected chi connectivity index (χ1v) is 12.0. The third-order valence-electron chi connectivity index (χ3n) is 6.22. The van der Waals surface area contributed by atoms with Crippen molar-refractivity contribution in [1.29, 1.82) is 0 Å². The summed E-state index contributed by atoms with van der Waals surface area (Å²) in [5.41, 5.74) is 4.65. The summed E-state index contributed by atoms with van der Waals surface area (Å²) in [7, 11) is 0. The first kappa shape index (κ1) is 22.8. The van der Waals surface area contributed by atoms with Crippen LogP contribution in [0.1, 0.15) is 23.0 Å². The number of aryl methyl sites for hydroxylation is 1. The number of carbonyl (C=O) groups excluding carboxylic acids is 1. The summed E-state index contributed by atoms with van der Waals surface area (Å²) in [5, 5.41) is 6.45. The molecule has 11 heteroatoms. The van der Waals surface area contributed by atoms with Gasteiger partial charge in [-0.05, 0) is 26.0 Å². The molecule has 0 spiro atoms. The Morgan fingerprint density at radius 1 is 1.14 bits per heavy atom. The third-order valence-corrected chi connectivity index (χ3v) is 6.22. The van der Waals surface area contributed by atoms with Crippen molar-refractivity contribution < 1.29 is 9.53 Å². The lowest BCUT2D eigenvalue weighted by atomic mass is 10.1. The van der Waals surface area contributed by atoms with Crippen LogP contribution in [-0.4, -0.2) is 60.9 Å². The molecule has 0 radical (unpaired) electrons. The van der Waals surface area contributed by atoms with E-state index < -0.39 is 0 Å². The molecule has 0 aliphatic carbocycles. The fraction of sp³-hybridized carbons (Fsp3) is 0.231. The summed E-state index contributed by atoms with van der Waals surface area (Å²) in [4.78, 5) is 37.4. The monoisotopic (exact) mass is 495 g/mol. The number of imidazole rings is 1. The molecular weight excluding hydrogens is 470 g/mol. The fourth-order valence-electron chi connectivity index (χ4n) is 4.63. The molecule has 1 saturated heterocycles. The number of nitrogens with one attached hydrogen (secondary N) is 2. The Morgan fingerprint density at radius 2 is 1.95 bits per heavy atom. The Hall–Kier alpha value is -4.64. The van der Waals surface area contributed by atoms with E-state index >= 15 is 0 Å².